The van der Waals surface area contributed by atoms with Gasteiger partial charge < -0.3 is 20.4 Å². The normalized spacial score (nSPS) is 22.2. The number of carboxylic acids is 1. The zero-order valence-electron chi connectivity index (χ0n) is 11.3. The number of thioether (sulfide) groups is 1. The molecule has 3 heterocycles. The molecule has 112 valence electrons. The smallest absolute Gasteiger partial charge is 0.329 e. The van der Waals surface area contributed by atoms with Crippen LogP contribution < -0.4 is 10.2 Å². The Balaban J connectivity index is 1.81. The summed E-state index contributed by atoms with van der Waals surface area (Å²) >= 11 is 1.31. The number of hydrogen-bond donors (Lipinski definition) is 3. The fraction of sp³-hybridized carbons (Fsp3) is 0.462. The Kier molecular flexibility index (Phi) is 3.98. The highest BCUT2D eigenvalue weighted by atomic mass is 32.2. The van der Waals surface area contributed by atoms with E-state index >= 15 is 0 Å². The number of carbonyl (C=O) groups is 1. The van der Waals surface area contributed by atoms with E-state index < -0.39 is 12.0 Å². The Morgan fingerprint density at radius 2 is 2.19 bits per heavy atom. The highest BCUT2D eigenvalue weighted by Gasteiger charge is 2.27. The molecule has 0 amide bonds. The van der Waals surface area contributed by atoms with E-state index in [1.54, 1.807) is 12.3 Å². The predicted molar refractivity (Wildman–Crippen MR) is 81.4 cm³/mol. The Morgan fingerprint density at radius 3 is 2.81 bits per heavy atom. The van der Waals surface area contributed by atoms with Crippen LogP contribution in [-0.2, 0) is 4.79 Å². The number of pyridine rings is 1. The Morgan fingerprint density at radius 1 is 1.43 bits per heavy atom. The van der Waals surface area contributed by atoms with Crippen molar-refractivity contribution in [1.82, 2.24) is 10.3 Å². The summed E-state index contributed by atoms with van der Waals surface area (Å²) in [6.45, 7) is 3.56. The van der Waals surface area contributed by atoms with Crippen molar-refractivity contribution >= 4 is 28.5 Å². The van der Waals surface area contributed by atoms with E-state index in [1.807, 2.05) is 0 Å². The number of aliphatic carboxylic acids is 1. The number of rotatable bonds is 3. The van der Waals surface area contributed by atoms with Crippen molar-refractivity contribution < 1.29 is 15.0 Å². The number of hydrogen-bond acceptors (Lipinski definition) is 7. The molecule has 0 aliphatic carbocycles. The molecule has 2 aliphatic rings. The number of aromatic hydroxyl groups is 1. The van der Waals surface area contributed by atoms with Gasteiger partial charge in [0, 0.05) is 38.0 Å². The zero-order valence-corrected chi connectivity index (χ0v) is 12.1. The molecular weight excluding hydrogens is 292 g/mol. The summed E-state index contributed by atoms with van der Waals surface area (Å²) in [5.74, 6) is -0.525. The Labute approximate surface area is 126 Å². The van der Waals surface area contributed by atoms with Crippen LogP contribution in [0.4, 0.5) is 5.69 Å². The molecule has 1 aromatic rings. The number of carboxylic acid groups (broad SMARTS) is 1. The van der Waals surface area contributed by atoms with Gasteiger partial charge in [-0.15, -0.1) is 11.8 Å². The lowest BCUT2D eigenvalue weighted by molar-refractivity contribution is -0.137. The summed E-state index contributed by atoms with van der Waals surface area (Å²) in [4.78, 5) is 21.4. The van der Waals surface area contributed by atoms with Crippen LogP contribution in [0.15, 0.2) is 17.3 Å². The van der Waals surface area contributed by atoms with Crippen molar-refractivity contribution in [1.29, 1.82) is 0 Å². The molecule has 0 bridgehead atoms. The molecule has 7 nitrogen and oxygen atoms in total. The molecule has 1 fully saturated rings. The van der Waals surface area contributed by atoms with E-state index in [1.165, 1.54) is 11.8 Å². The second kappa shape index (κ2) is 5.90. The Hall–Kier alpha value is -1.80. The minimum atomic E-state index is -0.950. The minimum Gasteiger partial charge on any atom is -0.506 e. The minimum absolute atomic E-state index is 0.0447. The maximum atomic E-state index is 10.9. The fourth-order valence-electron chi connectivity index (χ4n) is 2.33. The molecule has 0 radical (unpaired) electrons. The van der Waals surface area contributed by atoms with Gasteiger partial charge in [0.25, 0.3) is 0 Å². The summed E-state index contributed by atoms with van der Waals surface area (Å²) < 4.78 is 0. The van der Waals surface area contributed by atoms with Crippen LogP contribution >= 0.6 is 11.8 Å². The van der Waals surface area contributed by atoms with Crippen LogP contribution in [0.1, 0.15) is 5.69 Å². The number of nitrogens with zero attached hydrogens (tertiary/aromatic N) is 3. The molecular formula is C13H16N4O3S. The summed E-state index contributed by atoms with van der Waals surface area (Å²) in [6, 6.07) is 0.921. The first-order chi connectivity index (χ1) is 10.1. The second-order valence-corrected chi connectivity index (χ2v) is 5.91. The zero-order chi connectivity index (χ0) is 14.8. The van der Waals surface area contributed by atoms with Gasteiger partial charge in [0.1, 0.15) is 16.5 Å². The molecule has 1 aromatic heterocycles. The highest BCUT2D eigenvalue weighted by Crippen LogP contribution is 2.30. The second-order valence-electron chi connectivity index (χ2n) is 4.90. The van der Waals surface area contributed by atoms with Gasteiger partial charge in [-0.2, -0.15) is 0 Å². The monoisotopic (exact) mass is 308 g/mol. The average Bonchev–Trinajstić information content (AvgIpc) is 2.98. The van der Waals surface area contributed by atoms with Crippen LogP contribution in [0.25, 0.3) is 0 Å². The van der Waals surface area contributed by atoms with Crippen molar-refractivity contribution in [3.05, 3.63) is 18.0 Å². The van der Waals surface area contributed by atoms with Gasteiger partial charge in [0.05, 0.1) is 11.9 Å². The van der Waals surface area contributed by atoms with E-state index in [0.717, 1.165) is 31.9 Å². The molecule has 1 atom stereocenters. The number of aromatic nitrogens is 1. The number of anilines is 1. The molecule has 2 aliphatic heterocycles. The highest BCUT2D eigenvalue weighted by molar-refractivity contribution is 8.14. The molecule has 3 N–H and O–H groups in total. The van der Waals surface area contributed by atoms with E-state index in [9.17, 15) is 9.90 Å². The van der Waals surface area contributed by atoms with Crippen molar-refractivity contribution in [3.8, 4) is 5.75 Å². The lowest BCUT2D eigenvalue weighted by Gasteiger charge is -2.29. The maximum absolute atomic E-state index is 10.9. The van der Waals surface area contributed by atoms with Crippen LogP contribution in [0, 0.1) is 0 Å². The first-order valence-corrected chi connectivity index (χ1v) is 7.72. The lowest BCUT2D eigenvalue weighted by atomic mass is 10.2. The van der Waals surface area contributed by atoms with Crippen molar-refractivity contribution in [2.24, 2.45) is 4.99 Å². The standard InChI is InChI=1S/C13H16N4O3S/c18-10-5-8(17-3-1-14-2-4-17)6-15-11(10)12-16-9(7-21-12)13(19)20/h5-6,9,14,18H,1-4,7H2,(H,19,20)/t9-/m1/s1. The molecule has 3 rings (SSSR count). The number of aliphatic imine (C=N–C) groups is 1. The van der Waals surface area contributed by atoms with Crippen LogP contribution in [0.5, 0.6) is 5.75 Å². The third kappa shape index (κ3) is 2.96. The molecule has 1 saturated heterocycles. The van der Waals surface area contributed by atoms with Gasteiger partial charge in [0.2, 0.25) is 0 Å². The predicted octanol–water partition coefficient (Wildman–Crippen LogP) is 0.143. The van der Waals surface area contributed by atoms with E-state index in [4.69, 9.17) is 5.11 Å². The summed E-state index contributed by atoms with van der Waals surface area (Å²) in [5, 5.41) is 22.9. The SMILES string of the molecule is O=C(O)[C@H]1CSC(c2ncc(N3CCNCC3)cc2O)=N1. The number of nitrogens with one attached hydrogen (secondary N) is 1. The molecule has 21 heavy (non-hydrogen) atoms. The average molecular weight is 308 g/mol. The molecule has 8 heteroatoms. The first-order valence-electron chi connectivity index (χ1n) is 6.73. The summed E-state index contributed by atoms with van der Waals surface area (Å²) in [5.41, 5.74) is 1.23. The number of piperazine rings is 1. The van der Waals surface area contributed by atoms with Crippen molar-refractivity contribution in [2.75, 3.05) is 36.8 Å². The third-order valence-corrected chi connectivity index (χ3v) is 4.53. The quantitative estimate of drug-likeness (QED) is 0.731. The van der Waals surface area contributed by atoms with Crippen molar-refractivity contribution in [2.45, 2.75) is 6.04 Å². The van der Waals surface area contributed by atoms with Crippen LogP contribution in [0.2, 0.25) is 0 Å². The first kappa shape index (κ1) is 14.2. The molecule has 0 aromatic carbocycles. The van der Waals surface area contributed by atoms with Gasteiger partial charge in [0.15, 0.2) is 6.04 Å². The summed E-state index contributed by atoms with van der Waals surface area (Å²) in [6.07, 6.45) is 1.71. The third-order valence-electron chi connectivity index (χ3n) is 3.47. The van der Waals surface area contributed by atoms with Gasteiger partial charge in [-0.1, -0.05) is 0 Å². The largest absolute Gasteiger partial charge is 0.506 e. The van der Waals surface area contributed by atoms with Gasteiger partial charge >= 0.3 is 5.97 Å². The van der Waals surface area contributed by atoms with Crippen LogP contribution in [0.3, 0.4) is 0 Å². The van der Waals surface area contributed by atoms with Crippen LogP contribution in [-0.4, -0.2) is 64.2 Å². The van der Waals surface area contributed by atoms with Gasteiger partial charge in [-0.05, 0) is 0 Å². The fourth-order valence-corrected chi connectivity index (χ4v) is 3.36. The Bertz CT molecular complexity index is 587. The van der Waals surface area contributed by atoms with E-state index in [0.29, 0.717) is 16.5 Å². The van der Waals surface area contributed by atoms with E-state index in [2.05, 4.69) is 20.2 Å². The van der Waals surface area contributed by atoms with Gasteiger partial charge in [-0.3, -0.25) is 4.99 Å². The van der Waals surface area contributed by atoms with Crippen molar-refractivity contribution in [3.63, 3.8) is 0 Å². The van der Waals surface area contributed by atoms with E-state index in [-0.39, 0.29) is 5.75 Å². The molecule has 0 spiro atoms. The summed E-state index contributed by atoms with van der Waals surface area (Å²) in [7, 11) is 0. The topological polar surface area (TPSA) is 98.0 Å². The molecule has 0 unspecified atom stereocenters. The molecule has 0 saturated carbocycles. The maximum Gasteiger partial charge on any atom is 0.329 e. The lowest BCUT2D eigenvalue weighted by Crippen LogP contribution is -2.43. The van der Waals surface area contributed by atoms with Gasteiger partial charge in [-0.25, -0.2) is 9.78 Å².